The topological polar surface area (TPSA) is 45.1 Å². The largest absolute Gasteiger partial charge is 0.507 e. The highest BCUT2D eigenvalue weighted by Gasteiger charge is 2.23. The van der Waals surface area contributed by atoms with Crippen LogP contribution in [0.3, 0.4) is 0 Å². The van der Waals surface area contributed by atoms with Gasteiger partial charge in [0.05, 0.1) is 18.9 Å². The van der Waals surface area contributed by atoms with E-state index in [1.165, 1.54) is 51.4 Å². The van der Waals surface area contributed by atoms with E-state index in [1.807, 2.05) is 12.1 Å². The third-order valence-corrected chi connectivity index (χ3v) is 6.58. The highest BCUT2D eigenvalue weighted by Crippen LogP contribution is 2.31. The zero-order valence-electron chi connectivity index (χ0n) is 17.6. The van der Waals surface area contributed by atoms with Gasteiger partial charge in [0.1, 0.15) is 11.5 Å². The Balaban J connectivity index is 1.68. The number of aromatic hydroxyl groups is 1. The molecule has 3 aliphatic rings. The smallest absolute Gasteiger partial charge is 0.128 e. The highest BCUT2D eigenvalue weighted by molar-refractivity contribution is 6.16. The van der Waals surface area contributed by atoms with Gasteiger partial charge in [-0.2, -0.15) is 0 Å². The molecule has 1 aromatic rings. The fourth-order valence-electron chi connectivity index (χ4n) is 4.91. The predicted molar refractivity (Wildman–Crippen MR) is 119 cm³/mol. The van der Waals surface area contributed by atoms with E-state index in [1.54, 1.807) is 13.2 Å². The molecular formula is C25H34N2O2. The van der Waals surface area contributed by atoms with Crippen LogP contribution in [0.4, 0.5) is 0 Å². The molecule has 0 amide bonds. The minimum atomic E-state index is 0.239. The monoisotopic (exact) mass is 394 g/mol. The fraction of sp³-hybridized carbons (Fsp3) is 0.560. The predicted octanol–water partition coefficient (Wildman–Crippen LogP) is 5.61. The van der Waals surface area contributed by atoms with Gasteiger partial charge in [-0.15, -0.1) is 0 Å². The van der Waals surface area contributed by atoms with E-state index in [2.05, 4.69) is 23.3 Å². The van der Waals surface area contributed by atoms with Crippen LogP contribution >= 0.6 is 0 Å². The number of hydrogen-bond acceptors (Lipinski definition) is 4. The second-order valence-electron chi connectivity index (χ2n) is 8.63. The Morgan fingerprint density at radius 1 is 1.03 bits per heavy atom. The molecule has 4 nitrogen and oxygen atoms in total. The Labute approximate surface area is 175 Å². The molecule has 156 valence electrons. The average molecular weight is 395 g/mol. The summed E-state index contributed by atoms with van der Waals surface area (Å²) in [5.74, 6) is 0.906. The number of hydrogen-bond donors (Lipinski definition) is 1. The first-order valence-corrected chi connectivity index (χ1v) is 11.3. The van der Waals surface area contributed by atoms with Crippen molar-refractivity contribution in [1.29, 1.82) is 0 Å². The van der Waals surface area contributed by atoms with Crippen LogP contribution in [-0.2, 0) is 0 Å². The zero-order chi connectivity index (χ0) is 20.1. The fourth-order valence-corrected chi connectivity index (χ4v) is 4.91. The molecule has 1 N–H and O–H groups in total. The second kappa shape index (κ2) is 9.51. The molecule has 0 bridgehead atoms. The van der Waals surface area contributed by atoms with Crippen molar-refractivity contribution in [2.75, 3.05) is 13.7 Å². The summed E-state index contributed by atoms with van der Waals surface area (Å²) in [6.07, 6.45) is 19.4. The van der Waals surface area contributed by atoms with E-state index in [0.717, 1.165) is 36.2 Å². The summed E-state index contributed by atoms with van der Waals surface area (Å²) in [6, 6.07) is 6.53. The number of ether oxygens (including phenoxy) is 1. The van der Waals surface area contributed by atoms with Gasteiger partial charge in [-0.25, -0.2) is 0 Å². The number of methoxy groups -OCH3 is 1. The summed E-state index contributed by atoms with van der Waals surface area (Å²) in [4.78, 5) is 7.69. The van der Waals surface area contributed by atoms with E-state index in [9.17, 15) is 5.11 Å². The van der Waals surface area contributed by atoms with Gasteiger partial charge in [-0.1, -0.05) is 50.7 Å². The Morgan fingerprint density at radius 3 is 2.45 bits per heavy atom. The van der Waals surface area contributed by atoms with Crippen molar-refractivity contribution in [3.8, 4) is 11.5 Å². The van der Waals surface area contributed by atoms with E-state index < -0.39 is 0 Å². The molecule has 1 heterocycles. The lowest BCUT2D eigenvalue weighted by atomic mass is 9.92. The van der Waals surface area contributed by atoms with Crippen LogP contribution in [0.1, 0.15) is 69.8 Å². The van der Waals surface area contributed by atoms with Crippen molar-refractivity contribution < 1.29 is 9.84 Å². The first-order chi connectivity index (χ1) is 14.2. The molecule has 1 aromatic carbocycles. The molecule has 2 aliphatic carbocycles. The van der Waals surface area contributed by atoms with Crippen LogP contribution in [0.2, 0.25) is 0 Å². The molecule has 2 fully saturated rings. The second-order valence-corrected chi connectivity index (χ2v) is 8.63. The van der Waals surface area contributed by atoms with Gasteiger partial charge in [-0.3, -0.25) is 4.99 Å². The molecule has 0 atom stereocenters. The van der Waals surface area contributed by atoms with Gasteiger partial charge in [0, 0.05) is 36.0 Å². The van der Waals surface area contributed by atoms with Gasteiger partial charge in [-0.05, 0) is 37.8 Å². The molecule has 0 unspecified atom stereocenters. The molecule has 0 spiro atoms. The van der Waals surface area contributed by atoms with Crippen LogP contribution in [0.15, 0.2) is 47.1 Å². The summed E-state index contributed by atoms with van der Waals surface area (Å²) in [5.41, 5.74) is 2.85. The molecule has 29 heavy (non-hydrogen) atoms. The van der Waals surface area contributed by atoms with Crippen molar-refractivity contribution >= 4 is 5.71 Å². The summed E-state index contributed by atoms with van der Waals surface area (Å²) in [6.45, 7) is 0.972. The molecule has 0 saturated heterocycles. The van der Waals surface area contributed by atoms with Crippen LogP contribution in [0.5, 0.6) is 11.5 Å². The molecule has 0 radical (unpaired) electrons. The van der Waals surface area contributed by atoms with Gasteiger partial charge in [0.2, 0.25) is 0 Å². The Hall–Kier alpha value is -2.23. The summed E-state index contributed by atoms with van der Waals surface area (Å²) >= 11 is 0. The number of phenolic OH excluding ortho intramolecular Hbond substituents is 1. The van der Waals surface area contributed by atoms with Crippen LogP contribution in [0.25, 0.3) is 0 Å². The standard InChI is InChI=1S/C25H34N2O2/c1-29-22-14-15-23(24(28)17-22)25(26-20-10-4-2-5-11-20)19-9-8-16-27(18-19)21-12-6-3-7-13-21/h8-9,14-15,17-18,20-21,28H,2-7,10-13,16H2,1H3. The minimum Gasteiger partial charge on any atom is -0.507 e. The van der Waals surface area contributed by atoms with Crippen molar-refractivity contribution in [3.63, 3.8) is 0 Å². The molecule has 2 saturated carbocycles. The quantitative estimate of drug-likeness (QED) is 0.660. The summed E-state index contributed by atoms with van der Waals surface area (Å²) in [7, 11) is 1.62. The van der Waals surface area contributed by atoms with Gasteiger partial charge in [0.15, 0.2) is 0 Å². The van der Waals surface area contributed by atoms with Gasteiger partial charge in [0.25, 0.3) is 0 Å². The van der Waals surface area contributed by atoms with E-state index in [-0.39, 0.29) is 5.75 Å². The minimum absolute atomic E-state index is 0.239. The van der Waals surface area contributed by atoms with Crippen LogP contribution in [-0.4, -0.2) is 41.5 Å². The van der Waals surface area contributed by atoms with Crippen molar-refractivity contribution in [3.05, 3.63) is 47.7 Å². The Kier molecular flexibility index (Phi) is 6.58. The van der Waals surface area contributed by atoms with E-state index >= 15 is 0 Å². The maximum Gasteiger partial charge on any atom is 0.128 e. The van der Waals surface area contributed by atoms with E-state index in [4.69, 9.17) is 9.73 Å². The lowest BCUT2D eigenvalue weighted by Crippen LogP contribution is -2.34. The van der Waals surface area contributed by atoms with Crippen LogP contribution in [0, 0.1) is 0 Å². The molecule has 4 heteroatoms. The zero-order valence-corrected chi connectivity index (χ0v) is 17.6. The summed E-state index contributed by atoms with van der Waals surface area (Å²) in [5, 5.41) is 10.7. The van der Waals surface area contributed by atoms with Crippen LogP contribution < -0.4 is 4.74 Å². The molecule has 1 aliphatic heterocycles. The Morgan fingerprint density at radius 2 is 1.76 bits per heavy atom. The number of allylic oxidation sites excluding steroid dienone is 2. The molecular weight excluding hydrogens is 360 g/mol. The first-order valence-electron chi connectivity index (χ1n) is 11.3. The van der Waals surface area contributed by atoms with Crippen molar-refractivity contribution in [2.24, 2.45) is 4.99 Å². The number of nitrogens with zero attached hydrogens (tertiary/aromatic N) is 2. The number of aliphatic imine (C=N–C) groups is 1. The SMILES string of the molecule is COc1ccc(C(=NC2CCCCC2)C2=CN(C3CCCCC3)CC=C2)c(O)c1. The lowest BCUT2D eigenvalue weighted by molar-refractivity contribution is 0.232. The van der Waals surface area contributed by atoms with E-state index in [0.29, 0.717) is 17.8 Å². The van der Waals surface area contributed by atoms with Crippen molar-refractivity contribution in [2.45, 2.75) is 76.3 Å². The number of rotatable bonds is 5. The Bertz CT molecular complexity index is 784. The maximum absolute atomic E-state index is 10.7. The number of phenols is 1. The molecule has 0 aromatic heterocycles. The first kappa shape index (κ1) is 20.1. The van der Waals surface area contributed by atoms with Gasteiger partial charge < -0.3 is 14.7 Å². The molecule has 4 rings (SSSR count). The number of benzene rings is 1. The van der Waals surface area contributed by atoms with Crippen molar-refractivity contribution in [1.82, 2.24) is 4.90 Å². The third kappa shape index (κ3) is 4.85. The maximum atomic E-state index is 10.7. The average Bonchev–Trinajstić information content (AvgIpc) is 2.79. The lowest BCUT2D eigenvalue weighted by Gasteiger charge is -2.35. The normalized spacial score (nSPS) is 21.9. The highest BCUT2D eigenvalue weighted by atomic mass is 16.5. The summed E-state index contributed by atoms with van der Waals surface area (Å²) < 4.78 is 5.28. The third-order valence-electron chi connectivity index (χ3n) is 6.58. The van der Waals surface area contributed by atoms with Gasteiger partial charge >= 0.3 is 0 Å².